The number of anilines is 1. The zero-order valence-electron chi connectivity index (χ0n) is 15.6. The summed E-state index contributed by atoms with van der Waals surface area (Å²) in [5, 5.41) is 3.45. The molecule has 28 heavy (non-hydrogen) atoms. The van der Waals surface area contributed by atoms with Crippen molar-refractivity contribution in [1.82, 2.24) is 4.98 Å². The normalized spacial score (nSPS) is 9.96. The summed E-state index contributed by atoms with van der Waals surface area (Å²) in [6.45, 7) is 3.81. The van der Waals surface area contributed by atoms with Gasteiger partial charge in [-0.15, -0.1) is 0 Å². The van der Waals surface area contributed by atoms with Crippen molar-refractivity contribution in [2.45, 2.75) is 20.5 Å². The van der Waals surface area contributed by atoms with E-state index in [-0.39, 0.29) is 25.4 Å². The van der Waals surface area contributed by atoms with Crippen molar-refractivity contribution in [2.75, 3.05) is 18.5 Å². The smallest absolute Gasteiger partial charge is 0.347 e. The van der Waals surface area contributed by atoms with Gasteiger partial charge in [-0.05, 0) is 19.9 Å². The average molecular weight is 405 g/mol. The number of carbonyl (C=O) groups is 2. The second kappa shape index (κ2) is 10.9. The van der Waals surface area contributed by atoms with Crippen LogP contribution in [0.25, 0.3) is 0 Å². The van der Waals surface area contributed by atoms with Gasteiger partial charge in [-0.1, -0.05) is 29.8 Å². The minimum Gasteiger partial charge on any atom is -0.487 e. The zero-order valence-corrected chi connectivity index (χ0v) is 16.4. The van der Waals surface area contributed by atoms with E-state index in [9.17, 15) is 9.59 Å². The van der Waals surface area contributed by atoms with Gasteiger partial charge in [-0.25, -0.2) is 9.59 Å². The van der Waals surface area contributed by atoms with E-state index in [1.807, 2.05) is 18.2 Å². The first kappa shape index (κ1) is 21.2. The number of halogens is 1. The number of hydrogen-bond acceptors (Lipinski definition) is 7. The maximum Gasteiger partial charge on any atom is 0.347 e. The van der Waals surface area contributed by atoms with Crippen molar-refractivity contribution < 1.29 is 23.8 Å². The van der Waals surface area contributed by atoms with Gasteiger partial charge in [0.15, 0.2) is 5.57 Å². The Bertz CT molecular complexity index is 834. The molecule has 2 rings (SSSR count). The lowest BCUT2D eigenvalue weighted by molar-refractivity contribution is -0.146. The first-order valence-corrected chi connectivity index (χ1v) is 9.05. The Morgan fingerprint density at radius 3 is 2.43 bits per heavy atom. The molecular weight excluding hydrogens is 384 g/mol. The Hall–Kier alpha value is -3.06. The molecule has 0 amide bonds. The minimum atomic E-state index is -0.782. The number of ether oxygens (including phenoxy) is 3. The number of carbonyl (C=O) groups excluding carboxylic acids is 2. The van der Waals surface area contributed by atoms with E-state index in [2.05, 4.69) is 10.3 Å². The molecule has 8 heteroatoms. The average Bonchev–Trinajstić information content (AvgIpc) is 2.69. The highest BCUT2D eigenvalue weighted by atomic mass is 35.5. The van der Waals surface area contributed by atoms with Crippen LogP contribution >= 0.6 is 11.6 Å². The molecule has 1 N–H and O–H groups in total. The van der Waals surface area contributed by atoms with Gasteiger partial charge in [0.1, 0.15) is 12.4 Å². The van der Waals surface area contributed by atoms with Gasteiger partial charge in [-0.2, -0.15) is 0 Å². The van der Waals surface area contributed by atoms with Gasteiger partial charge in [-0.3, -0.25) is 4.98 Å². The number of rotatable bonds is 9. The quantitative estimate of drug-likeness (QED) is 0.295. The van der Waals surface area contributed by atoms with E-state index in [1.54, 1.807) is 32.2 Å². The molecule has 0 aliphatic rings. The Labute approximate surface area is 168 Å². The van der Waals surface area contributed by atoms with E-state index >= 15 is 0 Å². The van der Waals surface area contributed by atoms with Crippen molar-refractivity contribution in [3.05, 3.63) is 65.1 Å². The Morgan fingerprint density at radius 2 is 1.79 bits per heavy atom. The predicted molar refractivity (Wildman–Crippen MR) is 105 cm³/mol. The number of esters is 2. The van der Waals surface area contributed by atoms with Crippen molar-refractivity contribution in [3.63, 3.8) is 0 Å². The molecule has 0 saturated heterocycles. The molecule has 0 bridgehead atoms. The van der Waals surface area contributed by atoms with E-state index in [0.717, 1.165) is 5.56 Å². The lowest BCUT2D eigenvalue weighted by Crippen LogP contribution is -2.19. The summed E-state index contributed by atoms with van der Waals surface area (Å²) >= 11 is 6.14. The van der Waals surface area contributed by atoms with E-state index in [0.29, 0.717) is 16.5 Å². The maximum atomic E-state index is 12.0. The van der Waals surface area contributed by atoms with Crippen molar-refractivity contribution >= 4 is 29.2 Å². The van der Waals surface area contributed by atoms with Gasteiger partial charge in [0.2, 0.25) is 0 Å². The van der Waals surface area contributed by atoms with Gasteiger partial charge in [0.05, 0.1) is 25.1 Å². The molecule has 2 aromatic rings. The van der Waals surface area contributed by atoms with Crippen LogP contribution in [0, 0.1) is 0 Å². The molecule has 0 atom stereocenters. The van der Waals surface area contributed by atoms with Crippen molar-refractivity contribution in [1.29, 1.82) is 0 Å². The van der Waals surface area contributed by atoms with E-state index in [4.69, 9.17) is 25.8 Å². The van der Waals surface area contributed by atoms with Crippen LogP contribution in [0.15, 0.2) is 54.5 Å². The van der Waals surface area contributed by atoms with Crippen LogP contribution in [0.2, 0.25) is 5.02 Å². The van der Waals surface area contributed by atoms with E-state index in [1.165, 1.54) is 12.4 Å². The second-order valence-corrected chi connectivity index (χ2v) is 5.80. The summed E-state index contributed by atoms with van der Waals surface area (Å²) in [6.07, 6.45) is 4.29. The van der Waals surface area contributed by atoms with Gasteiger partial charge < -0.3 is 19.5 Å². The maximum absolute atomic E-state index is 12.0. The fourth-order valence-corrected chi connectivity index (χ4v) is 2.35. The number of nitrogens with zero attached hydrogens (tertiary/aromatic N) is 1. The van der Waals surface area contributed by atoms with Crippen LogP contribution in [0.5, 0.6) is 5.75 Å². The number of nitrogens with one attached hydrogen (secondary N) is 1. The molecule has 1 aromatic carbocycles. The molecule has 0 radical (unpaired) electrons. The third-order valence-corrected chi connectivity index (χ3v) is 3.85. The summed E-state index contributed by atoms with van der Waals surface area (Å²) in [6, 6.07) is 8.99. The molecule has 0 unspecified atom stereocenters. The second-order valence-electron chi connectivity index (χ2n) is 5.40. The first-order chi connectivity index (χ1) is 13.6. The van der Waals surface area contributed by atoms with Crippen LogP contribution in [-0.4, -0.2) is 30.1 Å². The zero-order chi connectivity index (χ0) is 20.4. The Balaban J connectivity index is 2.17. The highest BCUT2D eigenvalue weighted by Gasteiger charge is 2.21. The fraction of sp³-hybridized carbons (Fsp3) is 0.250. The van der Waals surface area contributed by atoms with Gasteiger partial charge >= 0.3 is 11.9 Å². The highest BCUT2D eigenvalue weighted by Crippen LogP contribution is 2.25. The Kier molecular flexibility index (Phi) is 8.30. The summed E-state index contributed by atoms with van der Waals surface area (Å²) in [5.74, 6) is -1.09. The summed E-state index contributed by atoms with van der Waals surface area (Å²) in [7, 11) is 0. The third-order valence-electron chi connectivity index (χ3n) is 3.48. The molecule has 148 valence electrons. The minimum absolute atomic E-state index is 0.134. The van der Waals surface area contributed by atoms with Crippen LogP contribution in [-0.2, 0) is 25.7 Å². The molecule has 0 spiro atoms. The Morgan fingerprint density at radius 1 is 1.11 bits per heavy atom. The van der Waals surface area contributed by atoms with Crippen LogP contribution in [0.3, 0.4) is 0 Å². The van der Waals surface area contributed by atoms with E-state index < -0.39 is 11.9 Å². The summed E-state index contributed by atoms with van der Waals surface area (Å²) in [5.41, 5.74) is 1.02. The summed E-state index contributed by atoms with van der Waals surface area (Å²) in [4.78, 5) is 28.1. The number of hydrogen-bond donors (Lipinski definition) is 1. The number of pyridine rings is 1. The molecular formula is C20H21ClN2O5. The molecule has 1 heterocycles. The topological polar surface area (TPSA) is 86.8 Å². The molecule has 7 nitrogen and oxygen atoms in total. The van der Waals surface area contributed by atoms with Crippen molar-refractivity contribution in [2.24, 2.45) is 0 Å². The van der Waals surface area contributed by atoms with Gasteiger partial charge in [0, 0.05) is 29.0 Å². The van der Waals surface area contributed by atoms with Crippen LogP contribution < -0.4 is 10.1 Å². The molecule has 0 fully saturated rings. The van der Waals surface area contributed by atoms with Gasteiger partial charge in [0.25, 0.3) is 0 Å². The van der Waals surface area contributed by atoms with Crippen molar-refractivity contribution in [3.8, 4) is 5.75 Å². The SMILES string of the molecule is CCOC(=O)C(=CNc1cnccc1OCc1ccccc1Cl)C(=O)OCC. The third kappa shape index (κ3) is 5.99. The van der Waals surface area contributed by atoms with Crippen LogP contribution in [0.1, 0.15) is 19.4 Å². The molecule has 0 aliphatic heterocycles. The monoisotopic (exact) mass is 404 g/mol. The van der Waals surface area contributed by atoms with Crippen LogP contribution in [0.4, 0.5) is 5.69 Å². The fourth-order valence-electron chi connectivity index (χ4n) is 2.16. The molecule has 0 aliphatic carbocycles. The first-order valence-electron chi connectivity index (χ1n) is 8.68. The molecule has 1 aromatic heterocycles. The highest BCUT2D eigenvalue weighted by molar-refractivity contribution is 6.31. The lowest BCUT2D eigenvalue weighted by atomic mass is 10.2. The number of benzene rings is 1. The lowest BCUT2D eigenvalue weighted by Gasteiger charge is -2.12. The largest absolute Gasteiger partial charge is 0.487 e. The standard InChI is InChI=1S/C20H21ClN2O5/c1-3-26-19(24)15(20(25)27-4-2)11-23-17-12-22-10-9-18(17)28-13-14-7-5-6-8-16(14)21/h5-12,23H,3-4,13H2,1-2H3. The molecule has 0 saturated carbocycles. The summed E-state index contributed by atoms with van der Waals surface area (Å²) < 4.78 is 15.6. The predicted octanol–water partition coefficient (Wildman–Crippen LogP) is 3.74. The number of aromatic nitrogens is 1.